The lowest BCUT2D eigenvalue weighted by Gasteiger charge is -2.31. The molecule has 5 N–H and O–H groups in total. The number of pyridine rings is 1. The standard InChI is InChI=1S/C30H35N5O2S/c1-19(2)16-33-20(3)24(15-31)23-11-12-28(34-29(23)30(36)37)35-14-13-21-7-6-8-22(25(21)17-35)18-38-27-10-5-4-9-26(27)32/h4-12,15,19,31,33H,13-14,16-18,32H2,1-3H3,(H,36,37)/b24-20+,31-15?. The number of nitrogens with zero attached hydrogens (tertiary/aromatic N) is 2. The molecule has 0 saturated carbocycles. The Morgan fingerprint density at radius 1 is 1.21 bits per heavy atom. The number of carboxylic acids is 1. The minimum Gasteiger partial charge on any atom is -0.476 e. The molecule has 0 radical (unpaired) electrons. The lowest BCUT2D eigenvalue weighted by molar-refractivity contribution is 0.0690. The summed E-state index contributed by atoms with van der Waals surface area (Å²) in [6.07, 6.45) is 2.06. The number of carboxylic acid groups (broad SMARTS) is 1. The maximum atomic E-state index is 12.3. The predicted molar refractivity (Wildman–Crippen MR) is 157 cm³/mol. The summed E-state index contributed by atoms with van der Waals surface area (Å²) in [6, 6.07) is 18.0. The molecule has 3 aromatic rings. The van der Waals surface area contributed by atoms with Gasteiger partial charge in [-0.25, -0.2) is 9.78 Å². The van der Waals surface area contributed by atoms with Crippen LogP contribution in [0.15, 0.2) is 65.2 Å². The molecule has 7 nitrogen and oxygen atoms in total. The van der Waals surface area contributed by atoms with Gasteiger partial charge >= 0.3 is 5.97 Å². The SMILES string of the molecule is C/C(NCC(C)C)=C(/C=N)c1ccc(N2CCc3cccc(CSc4ccccc4N)c3C2)nc1C(=O)O. The third-order valence-corrected chi connectivity index (χ3v) is 7.83. The monoisotopic (exact) mass is 529 g/mol. The lowest BCUT2D eigenvalue weighted by Crippen LogP contribution is -2.32. The van der Waals surface area contributed by atoms with Crippen LogP contribution in [-0.2, 0) is 18.7 Å². The van der Waals surface area contributed by atoms with Crippen LogP contribution in [0, 0.1) is 11.3 Å². The summed E-state index contributed by atoms with van der Waals surface area (Å²) in [6.45, 7) is 8.21. The van der Waals surface area contributed by atoms with Crippen LogP contribution in [-0.4, -0.2) is 35.4 Å². The second-order valence-electron chi connectivity index (χ2n) is 9.88. The molecule has 0 bridgehead atoms. The third kappa shape index (κ3) is 6.19. The van der Waals surface area contributed by atoms with Gasteiger partial charge in [-0.1, -0.05) is 44.2 Å². The third-order valence-electron chi connectivity index (χ3n) is 6.69. The van der Waals surface area contributed by atoms with Crippen molar-refractivity contribution in [3.8, 4) is 0 Å². The Morgan fingerprint density at radius 2 is 2.00 bits per heavy atom. The van der Waals surface area contributed by atoms with Crippen LogP contribution in [0.1, 0.15) is 53.5 Å². The zero-order chi connectivity index (χ0) is 27.2. The van der Waals surface area contributed by atoms with Gasteiger partial charge in [0.25, 0.3) is 0 Å². The van der Waals surface area contributed by atoms with Crippen molar-refractivity contribution in [2.45, 2.75) is 44.4 Å². The quantitative estimate of drug-likeness (QED) is 0.148. The fourth-order valence-corrected chi connectivity index (χ4v) is 5.59. The number of hydrogen-bond acceptors (Lipinski definition) is 7. The molecule has 4 rings (SSSR count). The van der Waals surface area contributed by atoms with E-state index in [4.69, 9.17) is 11.1 Å². The van der Waals surface area contributed by atoms with Crippen molar-refractivity contribution >= 4 is 41.0 Å². The number of thioether (sulfide) groups is 1. The smallest absolute Gasteiger partial charge is 0.355 e. The molecule has 2 aromatic carbocycles. The first-order valence-electron chi connectivity index (χ1n) is 12.8. The number of carbonyl (C=O) groups is 1. The normalized spacial score (nSPS) is 13.6. The summed E-state index contributed by atoms with van der Waals surface area (Å²) in [5.41, 5.74) is 12.4. The van der Waals surface area contributed by atoms with Crippen LogP contribution in [0.5, 0.6) is 0 Å². The highest BCUT2D eigenvalue weighted by Gasteiger charge is 2.23. The van der Waals surface area contributed by atoms with Gasteiger partial charge in [0.15, 0.2) is 5.69 Å². The lowest BCUT2D eigenvalue weighted by atomic mass is 9.95. The molecule has 1 aromatic heterocycles. The van der Waals surface area contributed by atoms with Crippen LogP contribution in [0.3, 0.4) is 0 Å². The summed E-state index contributed by atoms with van der Waals surface area (Å²) < 4.78 is 0. The maximum absolute atomic E-state index is 12.3. The molecule has 0 unspecified atom stereocenters. The molecule has 0 aliphatic carbocycles. The highest BCUT2D eigenvalue weighted by molar-refractivity contribution is 7.98. The first-order chi connectivity index (χ1) is 18.3. The van der Waals surface area contributed by atoms with E-state index in [1.807, 2.05) is 37.3 Å². The van der Waals surface area contributed by atoms with E-state index in [9.17, 15) is 9.90 Å². The number of fused-ring (bicyclic) bond motifs is 1. The molecule has 0 saturated heterocycles. The van der Waals surface area contributed by atoms with Crippen molar-refractivity contribution in [2.75, 3.05) is 23.7 Å². The van der Waals surface area contributed by atoms with Crippen LogP contribution < -0.4 is 16.0 Å². The number of allylic oxidation sites excluding steroid dienone is 2. The zero-order valence-electron chi connectivity index (χ0n) is 22.1. The van der Waals surface area contributed by atoms with E-state index in [-0.39, 0.29) is 5.69 Å². The van der Waals surface area contributed by atoms with Crippen molar-refractivity contribution in [3.63, 3.8) is 0 Å². The molecule has 1 aliphatic heterocycles. The van der Waals surface area contributed by atoms with E-state index in [0.717, 1.165) is 41.5 Å². The molecule has 38 heavy (non-hydrogen) atoms. The first kappa shape index (κ1) is 27.3. The minimum atomic E-state index is -1.10. The number of hydrogen-bond donors (Lipinski definition) is 4. The van der Waals surface area contributed by atoms with E-state index in [1.165, 1.54) is 22.9 Å². The van der Waals surface area contributed by atoms with Gasteiger partial charge in [-0.2, -0.15) is 0 Å². The zero-order valence-corrected chi connectivity index (χ0v) is 22.9. The van der Waals surface area contributed by atoms with Gasteiger partial charge in [0.2, 0.25) is 0 Å². The molecule has 1 aliphatic rings. The molecule has 198 valence electrons. The highest BCUT2D eigenvalue weighted by Crippen LogP contribution is 2.33. The highest BCUT2D eigenvalue weighted by atomic mass is 32.2. The number of nitrogen functional groups attached to an aromatic ring is 1. The minimum absolute atomic E-state index is 0.0408. The van der Waals surface area contributed by atoms with E-state index in [1.54, 1.807) is 17.8 Å². The number of nitrogens with two attached hydrogens (primary N) is 1. The molecule has 8 heteroatoms. The second-order valence-corrected chi connectivity index (χ2v) is 10.9. The fraction of sp³-hybridized carbons (Fsp3) is 0.300. The fourth-order valence-electron chi connectivity index (χ4n) is 4.59. The van der Waals surface area contributed by atoms with Crippen molar-refractivity contribution in [3.05, 3.63) is 88.2 Å². The van der Waals surface area contributed by atoms with E-state index in [2.05, 4.69) is 47.2 Å². The Morgan fingerprint density at radius 3 is 2.71 bits per heavy atom. The van der Waals surface area contributed by atoms with E-state index >= 15 is 0 Å². The van der Waals surface area contributed by atoms with Gasteiger partial charge in [-0.3, -0.25) is 0 Å². The molecule has 0 amide bonds. The molecule has 0 atom stereocenters. The summed E-state index contributed by atoms with van der Waals surface area (Å²) in [5, 5.41) is 21.3. The van der Waals surface area contributed by atoms with Crippen LogP contribution in [0.4, 0.5) is 11.5 Å². The van der Waals surface area contributed by atoms with Crippen molar-refractivity contribution in [1.82, 2.24) is 10.3 Å². The molecule has 0 fully saturated rings. The largest absolute Gasteiger partial charge is 0.476 e. The van der Waals surface area contributed by atoms with E-state index < -0.39 is 5.97 Å². The van der Waals surface area contributed by atoms with Gasteiger partial charge in [0, 0.05) is 59.0 Å². The average Bonchev–Trinajstić information content (AvgIpc) is 2.91. The topological polar surface area (TPSA) is 115 Å². The number of nitrogens with one attached hydrogen (secondary N) is 2. The van der Waals surface area contributed by atoms with Crippen LogP contribution >= 0.6 is 11.8 Å². The van der Waals surface area contributed by atoms with Gasteiger partial charge < -0.3 is 26.5 Å². The Hall–Kier alpha value is -3.78. The van der Waals surface area contributed by atoms with Gasteiger partial charge in [-0.15, -0.1) is 11.8 Å². The Balaban J connectivity index is 1.61. The summed E-state index contributed by atoms with van der Waals surface area (Å²) in [4.78, 5) is 20.0. The number of aromatic nitrogens is 1. The predicted octanol–water partition coefficient (Wildman–Crippen LogP) is 5.84. The maximum Gasteiger partial charge on any atom is 0.355 e. The van der Waals surface area contributed by atoms with Gasteiger partial charge in [0.1, 0.15) is 5.82 Å². The van der Waals surface area contributed by atoms with Crippen LogP contribution in [0.2, 0.25) is 0 Å². The van der Waals surface area contributed by atoms with Crippen molar-refractivity contribution < 1.29 is 9.90 Å². The van der Waals surface area contributed by atoms with Gasteiger partial charge in [-0.05, 0) is 60.2 Å². The van der Waals surface area contributed by atoms with Crippen molar-refractivity contribution in [1.29, 1.82) is 5.41 Å². The summed E-state index contributed by atoms with van der Waals surface area (Å²) in [7, 11) is 0. The number of rotatable bonds is 10. The number of anilines is 2. The Kier molecular flexibility index (Phi) is 8.73. The Bertz CT molecular complexity index is 1370. The first-order valence-corrected chi connectivity index (χ1v) is 13.8. The number of aromatic carboxylic acids is 1. The average molecular weight is 530 g/mol. The number of para-hydroxylation sites is 1. The molecular formula is C30H35N5O2S. The molecule has 2 heterocycles. The van der Waals surface area contributed by atoms with E-state index in [0.29, 0.717) is 29.4 Å². The summed E-state index contributed by atoms with van der Waals surface area (Å²) in [5.74, 6) is 0.747. The second kappa shape index (κ2) is 12.2. The van der Waals surface area contributed by atoms with Gasteiger partial charge in [0.05, 0.1) is 0 Å². The number of benzene rings is 2. The Labute approximate surface area is 228 Å². The van der Waals surface area contributed by atoms with Crippen LogP contribution in [0.25, 0.3) is 5.57 Å². The van der Waals surface area contributed by atoms with Crippen molar-refractivity contribution in [2.24, 2.45) is 5.92 Å². The summed E-state index contributed by atoms with van der Waals surface area (Å²) >= 11 is 1.72. The molecule has 0 spiro atoms. The molecular weight excluding hydrogens is 494 g/mol.